The van der Waals surface area contributed by atoms with Crippen LogP contribution in [0.25, 0.3) is 0 Å². The maximum absolute atomic E-state index is 5.86. The number of nitrogens with one attached hydrogen (secondary N) is 1. The molecule has 84 valence electrons. The van der Waals surface area contributed by atoms with Crippen molar-refractivity contribution >= 4 is 22.9 Å². The van der Waals surface area contributed by atoms with E-state index >= 15 is 0 Å². The summed E-state index contributed by atoms with van der Waals surface area (Å²) < 4.78 is 6.11. The summed E-state index contributed by atoms with van der Waals surface area (Å²) in [4.78, 5) is 1.36. The number of rotatable bonds is 5. The molecular weight excluding hydrogens is 230 g/mol. The summed E-state index contributed by atoms with van der Waals surface area (Å²) in [6.45, 7) is 1.04. The Morgan fingerprint density at radius 3 is 2.93 bits per heavy atom. The van der Waals surface area contributed by atoms with E-state index < -0.39 is 0 Å². The first-order valence-corrected chi connectivity index (χ1v) is 6.48. The molecule has 1 aliphatic carbocycles. The van der Waals surface area contributed by atoms with Crippen LogP contribution >= 0.6 is 22.9 Å². The predicted molar refractivity (Wildman–Crippen MR) is 64.9 cm³/mol. The fraction of sp³-hybridized carbons (Fsp3) is 0.636. The summed E-state index contributed by atoms with van der Waals surface area (Å²) in [5.74, 6) is 0. The highest BCUT2D eigenvalue weighted by molar-refractivity contribution is 7.16. The number of thiophene rings is 1. The molecule has 1 saturated carbocycles. The molecule has 0 bridgehead atoms. The largest absolute Gasteiger partial charge is 0.381 e. The molecule has 0 amide bonds. The topological polar surface area (TPSA) is 21.3 Å². The van der Waals surface area contributed by atoms with E-state index in [-0.39, 0.29) is 0 Å². The first-order valence-electron chi connectivity index (χ1n) is 5.28. The van der Waals surface area contributed by atoms with E-state index in [1.165, 1.54) is 4.88 Å². The number of ether oxygens (including phenoxy) is 1. The van der Waals surface area contributed by atoms with E-state index in [9.17, 15) is 0 Å². The van der Waals surface area contributed by atoms with Crippen LogP contribution < -0.4 is 5.32 Å². The van der Waals surface area contributed by atoms with Gasteiger partial charge in [0, 0.05) is 24.6 Å². The SMILES string of the molecule is COC1CC(NCCc2ccc(Cl)s2)C1. The fourth-order valence-electron chi connectivity index (χ4n) is 1.81. The molecule has 1 N–H and O–H groups in total. The highest BCUT2D eigenvalue weighted by atomic mass is 35.5. The van der Waals surface area contributed by atoms with Crippen molar-refractivity contribution in [2.75, 3.05) is 13.7 Å². The third-order valence-electron chi connectivity index (χ3n) is 2.86. The highest BCUT2D eigenvalue weighted by Crippen LogP contribution is 2.23. The van der Waals surface area contributed by atoms with Gasteiger partial charge in [-0.2, -0.15) is 0 Å². The number of halogens is 1. The van der Waals surface area contributed by atoms with Crippen LogP contribution in [0.3, 0.4) is 0 Å². The normalized spacial score (nSPS) is 25.2. The quantitative estimate of drug-likeness (QED) is 0.861. The Kier molecular flexibility index (Phi) is 4.03. The van der Waals surface area contributed by atoms with Crippen molar-refractivity contribution in [3.8, 4) is 0 Å². The smallest absolute Gasteiger partial charge is 0.0931 e. The molecule has 4 heteroatoms. The van der Waals surface area contributed by atoms with E-state index in [1.54, 1.807) is 18.4 Å². The minimum absolute atomic E-state index is 0.485. The molecule has 0 aromatic carbocycles. The van der Waals surface area contributed by atoms with Crippen molar-refractivity contribution in [2.45, 2.75) is 31.4 Å². The van der Waals surface area contributed by atoms with Crippen LogP contribution in [0.1, 0.15) is 17.7 Å². The lowest BCUT2D eigenvalue weighted by molar-refractivity contribution is 0.0177. The average Bonchev–Trinajstić information content (AvgIpc) is 2.55. The first kappa shape index (κ1) is 11.4. The second kappa shape index (κ2) is 5.30. The van der Waals surface area contributed by atoms with Crippen LogP contribution in [0.15, 0.2) is 12.1 Å². The van der Waals surface area contributed by atoms with Crippen LogP contribution in [0.4, 0.5) is 0 Å². The van der Waals surface area contributed by atoms with Gasteiger partial charge in [-0.25, -0.2) is 0 Å². The van der Waals surface area contributed by atoms with Gasteiger partial charge in [-0.15, -0.1) is 11.3 Å². The number of hydrogen-bond donors (Lipinski definition) is 1. The molecule has 0 unspecified atom stereocenters. The Labute approximate surface area is 99.6 Å². The molecule has 0 spiro atoms. The van der Waals surface area contributed by atoms with E-state index in [0.29, 0.717) is 12.1 Å². The molecule has 2 nitrogen and oxygen atoms in total. The van der Waals surface area contributed by atoms with E-state index in [1.807, 2.05) is 6.07 Å². The molecule has 1 heterocycles. The monoisotopic (exact) mass is 245 g/mol. The van der Waals surface area contributed by atoms with Crippen molar-refractivity contribution in [3.05, 3.63) is 21.3 Å². The standard InChI is InChI=1S/C11H16ClNOS/c1-14-9-6-8(7-9)13-5-4-10-2-3-11(12)15-10/h2-3,8-9,13H,4-7H2,1H3. The van der Waals surface area contributed by atoms with Crippen molar-refractivity contribution in [1.29, 1.82) is 0 Å². The zero-order chi connectivity index (χ0) is 10.7. The van der Waals surface area contributed by atoms with Crippen molar-refractivity contribution in [1.82, 2.24) is 5.32 Å². The van der Waals surface area contributed by atoms with Crippen LogP contribution in [-0.4, -0.2) is 25.8 Å². The third-order valence-corrected chi connectivity index (χ3v) is 4.15. The summed E-state index contributed by atoms with van der Waals surface area (Å²) in [7, 11) is 1.79. The molecule has 15 heavy (non-hydrogen) atoms. The van der Waals surface area contributed by atoms with Crippen molar-refractivity contribution < 1.29 is 4.74 Å². The summed E-state index contributed by atoms with van der Waals surface area (Å²) in [6, 6.07) is 4.73. The van der Waals surface area contributed by atoms with Crippen molar-refractivity contribution in [2.24, 2.45) is 0 Å². The summed E-state index contributed by atoms with van der Waals surface area (Å²) in [6.07, 6.45) is 3.87. The molecule has 1 fully saturated rings. The molecule has 0 radical (unpaired) electrons. The van der Waals surface area contributed by atoms with E-state index in [0.717, 1.165) is 30.1 Å². The Morgan fingerprint density at radius 2 is 2.33 bits per heavy atom. The van der Waals surface area contributed by atoms with Crippen LogP contribution in [0.2, 0.25) is 4.34 Å². The van der Waals surface area contributed by atoms with Gasteiger partial charge in [0.2, 0.25) is 0 Å². The number of hydrogen-bond acceptors (Lipinski definition) is 3. The Balaban J connectivity index is 1.60. The summed E-state index contributed by atoms with van der Waals surface area (Å²) in [5, 5.41) is 3.52. The van der Waals surface area contributed by atoms with Gasteiger partial charge >= 0.3 is 0 Å². The Bertz CT molecular complexity index is 309. The predicted octanol–water partition coefficient (Wildman–Crippen LogP) is 2.71. The number of methoxy groups -OCH3 is 1. The average molecular weight is 246 g/mol. The zero-order valence-electron chi connectivity index (χ0n) is 8.83. The lowest BCUT2D eigenvalue weighted by Gasteiger charge is -2.34. The van der Waals surface area contributed by atoms with Crippen LogP contribution in [0.5, 0.6) is 0 Å². The van der Waals surface area contributed by atoms with Gasteiger partial charge < -0.3 is 10.1 Å². The lowest BCUT2D eigenvalue weighted by Crippen LogP contribution is -2.45. The Hall–Kier alpha value is -0.0900. The van der Waals surface area contributed by atoms with E-state index in [2.05, 4.69) is 11.4 Å². The second-order valence-electron chi connectivity index (χ2n) is 3.94. The third kappa shape index (κ3) is 3.18. The molecule has 0 aliphatic heterocycles. The summed E-state index contributed by atoms with van der Waals surface area (Å²) >= 11 is 7.53. The van der Waals surface area contributed by atoms with Gasteiger partial charge in [0.15, 0.2) is 0 Å². The Morgan fingerprint density at radius 1 is 1.53 bits per heavy atom. The molecule has 2 rings (SSSR count). The second-order valence-corrected chi connectivity index (χ2v) is 5.74. The minimum Gasteiger partial charge on any atom is -0.381 e. The van der Waals surface area contributed by atoms with Crippen LogP contribution in [0, 0.1) is 0 Å². The lowest BCUT2D eigenvalue weighted by atomic mass is 9.89. The van der Waals surface area contributed by atoms with Crippen molar-refractivity contribution in [3.63, 3.8) is 0 Å². The van der Waals surface area contributed by atoms with Gasteiger partial charge in [0.25, 0.3) is 0 Å². The maximum atomic E-state index is 5.86. The molecule has 0 atom stereocenters. The van der Waals surface area contributed by atoms with Gasteiger partial charge in [-0.3, -0.25) is 0 Å². The highest BCUT2D eigenvalue weighted by Gasteiger charge is 2.27. The maximum Gasteiger partial charge on any atom is 0.0931 e. The summed E-state index contributed by atoms with van der Waals surface area (Å²) in [5.41, 5.74) is 0. The first-order chi connectivity index (χ1) is 7.28. The molecule has 1 aromatic rings. The van der Waals surface area contributed by atoms with Gasteiger partial charge in [0.1, 0.15) is 0 Å². The molecule has 1 aromatic heterocycles. The van der Waals surface area contributed by atoms with Gasteiger partial charge in [-0.05, 0) is 31.4 Å². The van der Waals surface area contributed by atoms with Gasteiger partial charge in [0.05, 0.1) is 10.4 Å². The molecule has 0 saturated heterocycles. The zero-order valence-corrected chi connectivity index (χ0v) is 10.4. The van der Waals surface area contributed by atoms with E-state index in [4.69, 9.17) is 16.3 Å². The minimum atomic E-state index is 0.485. The van der Waals surface area contributed by atoms with Crippen LogP contribution in [-0.2, 0) is 11.2 Å². The van der Waals surface area contributed by atoms with Gasteiger partial charge in [-0.1, -0.05) is 11.6 Å². The fourth-order valence-corrected chi connectivity index (χ4v) is 2.90. The molecular formula is C11H16ClNOS. The molecule has 1 aliphatic rings.